The monoisotopic (exact) mass is 391 g/mol. The molecule has 7 nitrogen and oxygen atoms in total. The molecule has 0 radical (unpaired) electrons. The van der Waals surface area contributed by atoms with E-state index < -0.39 is 11.2 Å². The fraction of sp³-hybridized carbons (Fsp3) is 0.235. The predicted octanol–water partition coefficient (Wildman–Crippen LogP) is 2.35. The van der Waals surface area contributed by atoms with Crippen molar-refractivity contribution < 1.29 is 0 Å². The van der Waals surface area contributed by atoms with E-state index in [2.05, 4.69) is 4.98 Å². The van der Waals surface area contributed by atoms with E-state index in [-0.39, 0.29) is 6.54 Å². The van der Waals surface area contributed by atoms with Crippen molar-refractivity contribution in [2.75, 3.05) is 0 Å². The minimum absolute atomic E-state index is 0.0521. The number of benzene rings is 1. The third kappa shape index (κ3) is 2.31. The molecule has 0 bridgehead atoms. The highest BCUT2D eigenvalue weighted by Crippen LogP contribution is 2.21. The van der Waals surface area contributed by atoms with Gasteiger partial charge in [0.1, 0.15) is 0 Å². The van der Waals surface area contributed by atoms with Gasteiger partial charge in [0.15, 0.2) is 11.2 Å². The predicted molar refractivity (Wildman–Crippen MR) is 101 cm³/mol. The van der Waals surface area contributed by atoms with Crippen LogP contribution in [0, 0.1) is 6.92 Å². The second-order valence-electron chi connectivity index (χ2n) is 6.25. The minimum Gasteiger partial charge on any atom is -0.317 e. The highest BCUT2D eigenvalue weighted by molar-refractivity contribution is 6.35. The Morgan fingerprint density at radius 3 is 2.54 bits per heavy atom. The van der Waals surface area contributed by atoms with Crippen LogP contribution < -0.4 is 11.2 Å². The second-order valence-corrected chi connectivity index (χ2v) is 7.10. The van der Waals surface area contributed by atoms with Crippen molar-refractivity contribution >= 4 is 40.1 Å². The maximum Gasteiger partial charge on any atom is 0.332 e. The van der Waals surface area contributed by atoms with Gasteiger partial charge in [0.05, 0.1) is 6.54 Å². The van der Waals surface area contributed by atoms with E-state index in [1.165, 1.54) is 4.57 Å². The van der Waals surface area contributed by atoms with E-state index in [0.29, 0.717) is 32.6 Å². The molecule has 3 heterocycles. The number of hydrogen-bond donors (Lipinski definition) is 0. The van der Waals surface area contributed by atoms with Crippen LogP contribution in [-0.4, -0.2) is 23.1 Å². The lowest BCUT2D eigenvalue weighted by atomic mass is 10.2. The van der Waals surface area contributed by atoms with Crippen molar-refractivity contribution in [1.82, 2.24) is 23.1 Å². The van der Waals surface area contributed by atoms with Gasteiger partial charge in [-0.25, -0.2) is 4.79 Å². The first-order valence-corrected chi connectivity index (χ1v) is 8.63. The van der Waals surface area contributed by atoms with E-state index in [4.69, 9.17) is 23.2 Å². The molecule has 1 aromatic carbocycles. The second kappa shape index (κ2) is 5.75. The molecule has 3 aromatic heterocycles. The molecular weight excluding hydrogens is 377 g/mol. The fourth-order valence-electron chi connectivity index (χ4n) is 3.08. The van der Waals surface area contributed by atoms with Crippen LogP contribution in [0.25, 0.3) is 16.9 Å². The first-order chi connectivity index (χ1) is 12.3. The third-order valence-corrected chi connectivity index (χ3v) is 5.23. The molecule has 0 aliphatic heterocycles. The lowest BCUT2D eigenvalue weighted by Gasteiger charge is -2.09. The van der Waals surface area contributed by atoms with Gasteiger partial charge in [-0.3, -0.25) is 18.3 Å². The molecule has 26 heavy (non-hydrogen) atoms. The number of fused-ring (bicyclic) bond motifs is 3. The zero-order valence-corrected chi connectivity index (χ0v) is 15.8. The van der Waals surface area contributed by atoms with Crippen molar-refractivity contribution in [2.24, 2.45) is 14.1 Å². The minimum atomic E-state index is -0.450. The average Bonchev–Trinajstić information content (AvgIpc) is 3.09. The summed E-state index contributed by atoms with van der Waals surface area (Å²) in [5.74, 6) is 0.604. The molecule has 0 unspecified atom stereocenters. The molecule has 0 saturated heterocycles. The molecule has 0 aliphatic carbocycles. The van der Waals surface area contributed by atoms with E-state index >= 15 is 0 Å². The van der Waals surface area contributed by atoms with Gasteiger partial charge in [-0.1, -0.05) is 29.3 Å². The number of rotatable bonds is 2. The van der Waals surface area contributed by atoms with Crippen molar-refractivity contribution in [1.29, 1.82) is 0 Å². The summed E-state index contributed by atoms with van der Waals surface area (Å²) in [5.41, 5.74) is 1.44. The molecule has 9 heteroatoms. The molecule has 4 aromatic rings. The van der Waals surface area contributed by atoms with Crippen LogP contribution in [0.1, 0.15) is 11.3 Å². The summed E-state index contributed by atoms with van der Waals surface area (Å²) in [6.45, 7) is 1.98. The highest BCUT2D eigenvalue weighted by atomic mass is 35.5. The molecule has 0 amide bonds. The average molecular weight is 392 g/mol. The SMILES string of the molecule is Cc1cn2c3c(=O)n(Cc4ccc(Cl)cc4Cl)c(=O)n(C)c3nc2n1C. The Morgan fingerprint density at radius 2 is 1.85 bits per heavy atom. The van der Waals surface area contributed by atoms with Crippen LogP contribution in [0.2, 0.25) is 10.0 Å². The van der Waals surface area contributed by atoms with Crippen LogP contribution in [0.5, 0.6) is 0 Å². The van der Waals surface area contributed by atoms with Gasteiger partial charge in [-0.05, 0) is 24.6 Å². The lowest BCUT2D eigenvalue weighted by Crippen LogP contribution is -2.39. The van der Waals surface area contributed by atoms with Gasteiger partial charge in [0, 0.05) is 36.0 Å². The first-order valence-electron chi connectivity index (χ1n) is 7.87. The first kappa shape index (κ1) is 16.9. The van der Waals surface area contributed by atoms with Crippen molar-refractivity contribution in [3.8, 4) is 0 Å². The van der Waals surface area contributed by atoms with E-state index in [9.17, 15) is 9.59 Å². The maximum atomic E-state index is 13.1. The van der Waals surface area contributed by atoms with Gasteiger partial charge < -0.3 is 4.57 Å². The molecule has 0 saturated carbocycles. The summed E-state index contributed by atoms with van der Waals surface area (Å²) in [5, 5.41) is 0.896. The Kier molecular flexibility index (Phi) is 3.75. The number of nitrogens with zero attached hydrogens (tertiary/aromatic N) is 5. The number of imidazole rings is 2. The van der Waals surface area contributed by atoms with Gasteiger partial charge in [-0.2, -0.15) is 4.98 Å². The molecular formula is C17H15Cl2N5O2. The lowest BCUT2D eigenvalue weighted by molar-refractivity contribution is 0.656. The topological polar surface area (TPSA) is 66.2 Å². The zero-order valence-electron chi connectivity index (χ0n) is 14.3. The van der Waals surface area contributed by atoms with Crippen LogP contribution in [-0.2, 0) is 20.6 Å². The largest absolute Gasteiger partial charge is 0.332 e. The van der Waals surface area contributed by atoms with Crippen molar-refractivity contribution in [3.63, 3.8) is 0 Å². The van der Waals surface area contributed by atoms with Gasteiger partial charge in [0.25, 0.3) is 5.56 Å². The zero-order chi connectivity index (χ0) is 18.7. The van der Waals surface area contributed by atoms with Gasteiger partial charge in [-0.15, -0.1) is 0 Å². The Morgan fingerprint density at radius 1 is 1.12 bits per heavy atom. The normalized spacial score (nSPS) is 11.7. The number of halogens is 2. The molecule has 4 rings (SSSR count). The van der Waals surface area contributed by atoms with E-state index in [1.54, 1.807) is 29.6 Å². The maximum absolute atomic E-state index is 13.1. The highest BCUT2D eigenvalue weighted by Gasteiger charge is 2.19. The summed E-state index contributed by atoms with van der Waals surface area (Å²) in [7, 11) is 3.46. The quantitative estimate of drug-likeness (QED) is 0.526. The number of hydrogen-bond acceptors (Lipinski definition) is 3. The molecule has 0 atom stereocenters. The molecule has 0 fully saturated rings. The van der Waals surface area contributed by atoms with E-state index in [1.807, 2.05) is 24.7 Å². The summed E-state index contributed by atoms with van der Waals surface area (Å²) in [6.07, 6.45) is 1.83. The fourth-order valence-corrected chi connectivity index (χ4v) is 3.55. The van der Waals surface area contributed by atoms with Gasteiger partial charge >= 0.3 is 5.69 Å². The molecule has 0 aliphatic rings. The molecule has 0 spiro atoms. The smallest absolute Gasteiger partial charge is 0.317 e. The van der Waals surface area contributed by atoms with Crippen LogP contribution in [0.4, 0.5) is 0 Å². The number of aryl methyl sites for hydroxylation is 3. The van der Waals surface area contributed by atoms with E-state index in [0.717, 1.165) is 10.3 Å². The van der Waals surface area contributed by atoms with Crippen LogP contribution in [0.15, 0.2) is 34.0 Å². The van der Waals surface area contributed by atoms with Crippen molar-refractivity contribution in [3.05, 3.63) is 66.5 Å². The standard InChI is InChI=1S/C17H15Cl2N5O2/c1-9-7-23-13-14(20-16(23)21(9)2)22(3)17(26)24(15(13)25)8-10-4-5-11(18)6-12(10)19/h4-7H,8H2,1-3H3. The summed E-state index contributed by atoms with van der Waals surface area (Å²) in [4.78, 5) is 30.3. The summed E-state index contributed by atoms with van der Waals surface area (Å²) < 4.78 is 6.12. The summed E-state index contributed by atoms with van der Waals surface area (Å²) >= 11 is 12.1. The molecule has 134 valence electrons. The Labute approximate surface area is 157 Å². The number of aromatic nitrogens is 5. The Hall–Kier alpha value is -2.51. The third-order valence-electron chi connectivity index (χ3n) is 4.65. The van der Waals surface area contributed by atoms with Crippen LogP contribution in [0.3, 0.4) is 0 Å². The van der Waals surface area contributed by atoms with Crippen molar-refractivity contribution in [2.45, 2.75) is 13.5 Å². The Balaban J connectivity index is 2.03. The molecule has 0 N–H and O–H groups in total. The summed E-state index contributed by atoms with van der Waals surface area (Å²) in [6, 6.07) is 4.97. The Bertz CT molecular complexity index is 1310. The van der Waals surface area contributed by atoms with Crippen LogP contribution >= 0.6 is 23.2 Å². The van der Waals surface area contributed by atoms with Gasteiger partial charge in [0.2, 0.25) is 5.78 Å².